The lowest BCUT2D eigenvalue weighted by molar-refractivity contribution is 0.0223. The Bertz CT molecular complexity index is 1020. The highest BCUT2D eigenvalue weighted by atomic mass is 16.6. The monoisotopic (exact) mass is 372 g/mol. The number of esters is 1. The van der Waals surface area contributed by atoms with E-state index >= 15 is 0 Å². The molecule has 4 heteroatoms. The van der Waals surface area contributed by atoms with Crippen LogP contribution in [0.3, 0.4) is 0 Å². The van der Waals surface area contributed by atoms with Crippen molar-refractivity contribution in [3.63, 3.8) is 0 Å². The largest absolute Gasteiger partial charge is 0.493 e. The van der Waals surface area contributed by atoms with Crippen LogP contribution < -0.4 is 9.47 Å². The molecule has 0 atom stereocenters. The fourth-order valence-electron chi connectivity index (χ4n) is 4.08. The summed E-state index contributed by atoms with van der Waals surface area (Å²) in [5.74, 6) is 1.60. The number of ether oxygens (including phenoxy) is 3. The van der Waals surface area contributed by atoms with E-state index in [1.54, 1.807) is 0 Å². The number of carbonyl (C=O) groups is 1. The van der Waals surface area contributed by atoms with Crippen LogP contribution in [-0.2, 0) is 10.3 Å². The lowest BCUT2D eigenvalue weighted by Crippen LogP contribution is -2.32. The molecule has 28 heavy (non-hydrogen) atoms. The van der Waals surface area contributed by atoms with Crippen molar-refractivity contribution in [1.29, 1.82) is 0 Å². The molecule has 2 aliphatic rings. The van der Waals surface area contributed by atoms with Crippen molar-refractivity contribution in [3.8, 4) is 17.2 Å². The standard InChI is InChI=1S/C24H20O4/c1-2-3-15-26-21-14-8-11-18-22(21)23(25)28-24(18)16-9-4-6-12-19(16)27-20-13-7-5-10-17(20)24/h4-14H,2-3,15H2,1H3. The minimum absolute atomic E-state index is 0.367. The van der Waals surface area contributed by atoms with Gasteiger partial charge in [0.1, 0.15) is 22.8 Å². The molecule has 0 unspecified atom stereocenters. The molecule has 140 valence electrons. The average molecular weight is 372 g/mol. The first kappa shape index (κ1) is 16.9. The summed E-state index contributed by atoms with van der Waals surface area (Å²) in [5.41, 5.74) is 1.93. The van der Waals surface area contributed by atoms with E-state index in [1.807, 2.05) is 66.7 Å². The van der Waals surface area contributed by atoms with Gasteiger partial charge in [0.05, 0.1) is 6.61 Å². The Morgan fingerprint density at radius 1 is 0.857 bits per heavy atom. The number of para-hydroxylation sites is 2. The number of unbranched alkanes of at least 4 members (excludes halogenated alkanes) is 1. The fraction of sp³-hybridized carbons (Fsp3) is 0.208. The zero-order chi connectivity index (χ0) is 19.1. The number of rotatable bonds is 4. The molecule has 0 radical (unpaired) electrons. The van der Waals surface area contributed by atoms with Gasteiger partial charge in [0.15, 0.2) is 5.60 Å². The van der Waals surface area contributed by atoms with E-state index in [-0.39, 0.29) is 5.97 Å². The van der Waals surface area contributed by atoms with Gasteiger partial charge in [-0.2, -0.15) is 0 Å². The van der Waals surface area contributed by atoms with Crippen LogP contribution >= 0.6 is 0 Å². The summed E-state index contributed by atoms with van der Waals surface area (Å²) >= 11 is 0. The Kier molecular flexibility index (Phi) is 3.86. The van der Waals surface area contributed by atoms with Crippen molar-refractivity contribution in [2.45, 2.75) is 25.4 Å². The molecule has 1 spiro atoms. The number of hydrogen-bond donors (Lipinski definition) is 0. The van der Waals surface area contributed by atoms with E-state index in [4.69, 9.17) is 14.2 Å². The summed E-state index contributed by atoms with van der Waals surface area (Å²) in [7, 11) is 0. The molecule has 0 aromatic heterocycles. The van der Waals surface area contributed by atoms with Gasteiger partial charge in [0, 0.05) is 16.7 Å². The van der Waals surface area contributed by atoms with E-state index in [1.165, 1.54) is 0 Å². The summed E-state index contributed by atoms with van der Waals surface area (Å²) in [6.07, 6.45) is 1.96. The Balaban J connectivity index is 1.76. The second kappa shape index (κ2) is 6.41. The first-order valence-electron chi connectivity index (χ1n) is 9.62. The third kappa shape index (κ3) is 2.27. The van der Waals surface area contributed by atoms with Gasteiger partial charge in [-0.25, -0.2) is 4.79 Å². The summed E-state index contributed by atoms with van der Waals surface area (Å²) in [4.78, 5) is 13.1. The van der Waals surface area contributed by atoms with E-state index < -0.39 is 5.60 Å². The van der Waals surface area contributed by atoms with Crippen LogP contribution in [-0.4, -0.2) is 12.6 Å². The molecule has 3 aromatic carbocycles. The van der Waals surface area contributed by atoms with Crippen molar-refractivity contribution >= 4 is 5.97 Å². The second-order valence-electron chi connectivity index (χ2n) is 7.05. The predicted molar refractivity (Wildman–Crippen MR) is 105 cm³/mol. The van der Waals surface area contributed by atoms with E-state index in [0.29, 0.717) is 29.4 Å². The molecule has 3 aromatic rings. The Labute approximate surface area is 163 Å². The van der Waals surface area contributed by atoms with Crippen LogP contribution in [0.25, 0.3) is 0 Å². The Hall–Kier alpha value is -3.27. The number of carbonyl (C=O) groups excluding carboxylic acids is 1. The summed E-state index contributed by atoms with van der Waals surface area (Å²) in [5, 5.41) is 0. The van der Waals surface area contributed by atoms with Gasteiger partial charge >= 0.3 is 5.97 Å². The van der Waals surface area contributed by atoms with E-state index in [9.17, 15) is 4.79 Å². The maximum absolute atomic E-state index is 13.1. The molecule has 2 heterocycles. The third-order valence-electron chi connectivity index (χ3n) is 5.36. The first-order valence-corrected chi connectivity index (χ1v) is 9.62. The van der Waals surface area contributed by atoms with Crippen molar-refractivity contribution in [2.24, 2.45) is 0 Å². The molecular formula is C24H20O4. The molecule has 0 bridgehead atoms. The van der Waals surface area contributed by atoms with Crippen molar-refractivity contribution in [1.82, 2.24) is 0 Å². The molecule has 0 fully saturated rings. The second-order valence-corrected chi connectivity index (χ2v) is 7.05. The van der Waals surface area contributed by atoms with Crippen LogP contribution in [0, 0.1) is 0 Å². The third-order valence-corrected chi connectivity index (χ3v) is 5.36. The van der Waals surface area contributed by atoms with Crippen molar-refractivity contribution in [3.05, 3.63) is 89.0 Å². The highest BCUT2D eigenvalue weighted by molar-refractivity contribution is 5.99. The highest BCUT2D eigenvalue weighted by Crippen LogP contribution is 2.56. The summed E-state index contributed by atoms with van der Waals surface area (Å²) in [6.45, 7) is 2.68. The van der Waals surface area contributed by atoms with Crippen molar-refractivity contribution in [2.75, 3.05) is 6.61 Å². The van der Waals surface area contributed by atoms with Crippen LogP contribution in [0.2, 0.25) is 0 Å². The normalized spacial score (nSPS) is 15.2. The smallest absolute Gasteiger partial charge is 0.343 e. The number of fused-ring (bicyclic) bond motifs is 6. The van der Waals surface area contributed by atoms with Gasteiger partial charge < -0.3 is 14.2 Å². The van der Waals surface area contributed by atoms with Gasteiger partial charge in [-0.15, -0.1) is 0 Å². The summed E-state index contributed by atoms with van der Waals surface area (Å²) < 4.78 is 18.2. The number of hydrogen-bond acceptors (Lipinski definition) is 4. The molecule has 0 saturated carbocycles. The first-order chi connectivity index (χ1) is 13.8. The highest BCUT2D eigenvalue weighted by Gasteiger charge is 2.54. The zero-order valence-electron chi connectivity index (χ0n) is 15.6. The summed E-state index contributed by atoms with van der Waals surface area (Å²) in [6, 6.07) is 21.1. The SMILES string of the molecule is CCCCOc1cccc2c1C(=O)OC21c2ccccc2Oc2ccccc21. The van der Waals surface area contributed by atoms with E-state index in [0.717, 1.165) is 29.5 Å². The Morgan fingerprint density at radius 2 is 1.50 bits per heavy atom. The van der Waals surface area contributed by atoms with Crippen LogP contribution in [0.5, 0.6) is 17.2 Å². The van der Waals surface area contributed by atoms with Gasteiger partial charge in [-0.1, -0.05) is 61.9 Å². The van der Waals surface area contributed by atoms with E-state index in [2.05, 4.69) is 6.92 Å². The van der Waals surface area contributed by atoms with Crippen LogP contribution in [0.1, 0.15) is 46.8 Å². The minimum atomic E-state index is -1.03. The molecule has 0 amide bonds. The lowest BCUT2D eigenvalue weighted by atomic mass is 9.77. The molecule has 0 N–H and O–H groups in total. The molecule has 0 aliphatic carbocycles. The van der Waals surface area contributed by atoms with Crippen LogP contribution in [0.15, 0.2) is 66.7 Å². The average Bonchev–Trinajstić information content (AvgIpc) is 3.03. The maximum atomic E-state index is 13.1. The molecule has 2 aliphatic heterocycles. The minimum Gasteiger partial charge on any atom is -0.493 e. The molecule has 0 saturated heterocycles. The van der Waals surface area contributed by atoms with Crippen molar-refractivity contribution < 1.29 is 19.0 Å². The van der Waals surface area contributed by atoms with Crippen LogP contribution in [0.4, 0.5) is 0 Å². The van der Waals surface area contributed by atoms with Gasteiger partial charge in [-0.3, -0.25) is 0 Å². The van der Waals surface area contributed by atoms with Gasteiger partial charge in [-0.05, 0) is 24.6 Å². The molecule has 4 nitrogen and oxygen atoms in total. The zero-order valence-corrected chi connectivity index (χ0v) is 15.6. The molecular weight excluding hydrogens is 352 g/mol. The lowest BCUT2D eigenvalue weighted by Gasteiger charge is -2.36. The quantitative estimate of drug-likeness (QED) is 0.452. The molecule has 5 rings (SSSR count). The Morgan fingerprint density at radius 3 is 2.18 bits per heavy atom. The maximum Gasteiger partial charge on any atom is 0.343 e. The topological polar surface area (TPSA) is 44.8 Å². The van der Waals surface area contributed by atoms with Gasteiger partial charge in [0.25, 0.3) is 0 Å². The predicted octanol–water partition coefficient (Wildman–Crippen LogP) is 5.43. The fourth-order valence-corrected chi connectivity index (χ4v) is 4.08. The van der Waals surface area contributed by atoms with Gasteiger partial charge in [0.2, 0.25) is 0 Å². The number of benzene rings is 3.